The van der Waals surface area contributed by atoms with E-state index in [1.807, 2.05) is 27.7 Å². The standard InChI is InChI=1S/C25H38N2O6/c1-7-10-14-32-23(31)18-17-11-12-25(33-17)19(18)21(29)27(16(9-3)15-28)20(25)22(30)26(13-8-2)24(4,5)6/h7-8,16-20,28H,1-2,9-15H2,3-6H3/t16-,17+,18-,19-,20?,25?/m0/s1. The highest BCUT2D eigenvalue weighted by molar-refractivity contribution is 5.98. The zero-order valence-corrected chi connectivity index (χ0v) is 20.3. The molecule has 2 unspecified atom stereocenters. The van der Waals surface area contributed by atoms with Gasteiger partial charge in [-0.1, -0.05) is 19.1 Å². The van der Waals surface area contributed by atoms with E-state index in [1.54, 1.807) is 17.1 Å². The minimum atomic E-state index is -1.10. The van der Waals surface area contributed by atoms with Gasteiger partial charge in [-0.05, 0) is 46.5 Å². The third-order valence-corrected chi connectivity index (χ3v) is 7.27. The number of carbonyl (C=O) groups is 3. The monoisotopic (exact) mass is 462 g/mol. The van der Waals surface area contributed by atoms with Crippen molar-refractivity contribution in [3.63, 3.8) is 0 Å². The van der Waals surface area contributed by atoms with E-state index in [0.29, 0.717) is 32.2 Å². The summed E-state index contributed by atoms with van der Waals surface area (Å²) in [6, 6.07) is -1.46. The molecule has 3 aliphatic heterocycles. The van der Waals surface area contributed by atoms with Crippen LogP contribution in [0.5, 0.6) is 0 Å². The molecule has 1 spiro atoms. The maximum absolute atomic E-state index is 14.1. The first-order valence-electron chi connectivity index (χ1n) is 11.9. The summed E-state index contributed by atoms with van der Waals surface area (Å²) in [4.78, 5) is 44.1. The van der Waals surface area contributed by atoms with E-state index in [4.69, 9.17) is 9.47 Å². The van der Waals surface area contributed by atoms with Gasteiger partial charge in [-0.15, -0.1) is 13.2 Å². The van der Waals surface area contributed by atoms with Gasteiger partial charge in [-0.25, -0.2) is 0 Å². The Kier molecular flexibility index (Phi) is 7.39. The fraction of sp³-hybridized carbons (Fsp3) is 0.720. The van der Waals surface area contributed by atoms with E-state index < -0.39 is 47.1 Å². The summed E-state index contributed by atoms with van der Waals surface area (Å²) in [5.74, 6) is -2.57. The molecule has 2 bridgehead atoms. The summed E-state index contributed by atoms with van der Waals surface area (Å²) in [5.41, 5.74) is -1.62. The van der Waals surface area contributed by atoms with Crippen LogP contribution in [0.15, 0.2) is 25.3 Å². The van der Waals surface area contributed by atoms with Crippen LogP contribution >= 0.6 is 0 Å². The van der Waals surface area contributed by atoms with Crippen LogP contribution in [0.25, 0.3) is 0 Å². The van der Waals surface area contributed by atoms with Crippen molar-refractivity contribution in [3.05, 3.63) is 25.3 Å². The lowest BCUT2D eigenvalue weighted by atomic mass is 9.70. The molecule has 0 aromatic carbocycles. The van der Waals surface area contributed by atoms with Gasteiger partial charge in [-0.2, -0.15) is 0 Å². The summed E-state index contributed by atoms with van der Waals surface area (Å²) in [6.45, 7) is 15.3. The molecule has 33 heavy (non-hydrogen) atoms. The molecule has 0 radical (unpaired) electrons. The number of aliphatic hydroxyl groups excluding tert-OH is 1. The fourth-order valence-electron chi connectivity index (χ4n) is 5.76. The van der Waals surface area contributed by atoms with Gasteiger partial charge >= 0.3 is 5.97 Å². The highest BCUT2D eigenvalue weighted by Crippen LogP contribution is 2.59. The van der Waals surface area contributed by atoms with Crippen molar-refractivity contribution in [1.82, 2.24) is 9.80 Å². The molecule has 3 heterocycles. The molecule has 2 amide bonds. The van der Waals surface area contributed by atoms with Crippen molar-refractivity contribution in [2.75, 3.05) is 19.8 Å². The molecule has 0 saturated carbocycles. The van der Waals surface area contributed by atoms with Gasteiger partial charge in [-0.3, -0.25) is 14.4 Å². The van der Waals surface area contributed by atoms with Crippen LogP contribution in [-0.4, -0.2) is 81.8 Å². The number of nitrogens with zero attached hydrogens (tertiary/aromatic N) is 2. The van der Waals surface area contributed by atoms with Crippen molar-refractivity contribution in [2.45, 2.75) is 82.7 Å². The number of aliphatic hydroxyl groups is 1. The minimum absolute atomic E-state index is 0.191. The molecule has 0 aromatic heterocycles. The van der Waals surface area contributed by atoms with E-state index in [9.17, 15) is 19.5 Å². The number of hydrogen-bond donors (Lipinski definition) is 1. The highest BCUT2D eigenvalue weighted by Gasteiger charge is 2.75. The van der Waals surface area contributed by atoms with Crippen molar-refractivity contribution < 1.29 is 29.0 Å². The molecule has 0 aromatic rings. The lowest BCUT2D eigenvalue weighted by Crippen LogP contribution is -2.61. The van der Waals surface area contributed by atoms with E-state index >= 15 is 0 Å². The zero-order chi connectivity index (χ0) is 24.6. The van der Waals surface area contributed by atoms with Gasteiger partial charge in [0.25, 0.3) is 0 Å². The normalized spacial score (nSPS) is 31.3. The lowest BCUT2D eigenvalue weighted by molar-refractivity contribution is -0.157. The van der Waals surface area contributed by atoms with Crippen molar-refractivity contribution in [1.29, 1.82) is 0 Å². The Morgan fingerprint density at radius 3 is 2.61 bits per heavy atom. The quantitative estimate of drug-likeness (QED) is 0.303. The average molecular weight is 463 g/mol. The van der Waals surface area contributed by atoms with Gasteiger partial charge in [0.05, 0.1) is 37.2 Å². The van der Waals surface area contributed by atoms with Crippen molar-refractivity contribution in [3.8, 4) is 0 Å². The second-order valence-corrected chi connectivity index (χ2v) is 10.2. The first-order valence-corrected chi connectivity index (χ1v) is 11.9. The fourth-order valence-corrected chi connectivity index (χ4v) is 5.76. The molecule has 1 N–H and O–H groups in total. The molecular formula is C25H38N2O6. The van der Waals surface area contributed by atoms with Crippen LogP contribution in [0.2, 0.25) is 0 Å². The van der Waals surface area contributed by atoms with Crippen molar-refractivity contribution >= 4 is 17.8 Å². The van der Waals surface area contributed by atoms with E-state index in [0.717, 1.165) is 0 Å². The topological polar surface area (TPSA) is 96.4 Å². The zero-order valence-electron chi connectivity index (χ0n) is 20.3. The first-order chi connectivity index (χ1) is 15.6. The summed E-state index contributed by atoms with van der Waals surface area (Å²) >= 11 is 0. The number of carbonyl (C=O) groups excluding carboxylic acids is 3. The molecule has 8 heteroatoms. The van der Waals surface area contributed by atoms with E-state index in [1.165, 1.54) is 4.90 Å². The number of likely N-dealkylation sites (tertiary alicyclic amines) is 1. The van der Waals surface area contributed by atoms with Crippen LogP contribution in [-0.2, 0) is 23.9 Å². The summed E-state index contributed by atoms with van der Waals surface area (Å²) in [5, 5.41) is 10.1. The number of hydrogen-bond acceptors (Lipinski definition) is 6. The summed E-state index contributed by atoms with van der Waals surface area (Å²) in [6.07, 6.45) is 4.95. The largest absolute Gasteiger partial charge is 0.465 e. The smallest absolute Gasteiger partial charge is 0.312 e. The SMILES string of the molecule is C=CCCOC(=O)[C@@H]1[C@H]2C(=O)N([C@@H](CC)CO)C(C(=O)N(CC=C)C(C)(C)C)C23CC[C@H]1O3. The van der Waals surface area contributed by atoms with Crippen LogP contribution in [0, 0.1) is 11.8 Å². The maximum Gasteiger partial charge on any atom is 0.312 e. The maximum atomic E-state index is 14.1. The number of amides is 2. The van der Waals surface area contributed by atoms with Gasteiger partial charge < -0.3 is 24.4 Å². The molecular weight excluding hydrogens is 424 g/mol. The molecule has 3 saturated heterocycles. The molecule has 3 fully saturated rings. The van der Waals surface area contributed by atoms with E-state index in [2.05, 4.69) is 13.2 Å². The minimum Gasteiger partial charge on any atom is -0.465 e. The molecule has 184 valence electrons. The Morgan fingerprint density at radius 1 is 1.36 bits per heavy atom. The number of ether oxygens (including phenoxy) is 2. The van der Waals surface area contributed by atoms with Crippen LogP contribution in [0.1, 0.15) is 53.4 Å². The number of esters is 1. The lowest BCUT2D eigenvalue weighted by Gasteiger charge is -2.43. The molecule has 0 aliphatic carbocycles. The predicted molar refractivity (Wildman–Crippen MR) is 123 cm³/mol. The number of rotatable bonds is 10. The van der Waals surface area contributed by atoms with Gasteiger partial charge in [0.1, 0.15) is 11.6 Å². The Balaban J connectivity index is 2.05. The number of fused-ring (bicyclic) bond motifs is 1. The first kappa shape index (κ1) is 25.4. The Morgan fingerprint density at radius 2 is 2.06 bits per heavy atom. The Bertz CT molecular complexity index is 801. The van der Waals surface area contributed by atoms with Gasteiger partial charge in [0.2, 0.25) is 11.8 Å². The van der Waals surface area contributed by atoms with E-state index in [-0.39, 0.29) is 25.0 Å². The van der Waals surface area contributed by atoms with Gasteiger partial charge in [0.15, 0.2) is 0 Å². The van der Waals surface area contributed by atoms with Crippen LogP contribution in [0.3, 0.4) is 0 Å². The molecule has 3 rings (SSSR count). The predicted octanol–water partition coefficient (Wildman–Crippen LogP) is 2.06. The Labute approximate surface area is 196 Å². The Hall–Kier alpha value is -2.19. The third kappa shape index (κ3) is 4.12. The second kappa shape index (κ2) is 9.58. The highest BCUT2D eigenvalue weighted by atomic mass is 16.6. The van der Waals surface area contributed by atoms with Gasteiger partial charge in [0, 0.05) is 12.1 Å². The summed E-state index contributed by atoms with van der Waals surface area (Å²) < 4.78 is 11.8. The average Bonchev–Trinajstić information content (AvgIpc) is 3.40. The third-order valence-electron chi connectivity index (χ3n) is 7.27. The second-order valence-electron chi connectivity index (χ2n) is 10.2. The molecule has 8 nitrogen and oxygen atoms in total. The van der Waals surface area contributed by atoms with Crippen molar-refractivity contribution in [2.24, 2.45) is 11.8 Å². The van der Waals surface area contributed by atoms with Crippen LogP contribution in [0.4, 0.5) is 0 Å². The molecule has 3 aliphatic rings. The van der Waals surface area contributed by atoms with Crippen LogP contribution < -0.4 is 0 Å². The molecule has 6 atom stereocenters. The summed E-state index contributed by atoms with van der Waals surface area (Å²) in [7, 11) is 0.